The van der Waals surface area contributed by atoms with Crippen LogP contribution in [-0.4, -0.2) is 34.1 Å². The average Bonchev–Trinajstić information content (AvgIpc) is 3.27. The Morgan fingerprint density at radius 2 is 1.70 bits per heavy atom. The summed E-state index contributed by atoms with van der Waals surface area (Å²) in [6.07, 6.45) is 3.04. The molecule has 2 unspecified atom stereocenters. The van der Waals surface area contributed by atoms with Gasteiger partial charge >= 0.3 is 0 Å². The van der Waals surface area contributed by atoms with Crippen molar-refractivity contribution in [3.63, 3.8) is 0 Å². The third-order valence-corrected chi connectivity index (χ3v) is 6.15. The molecule has 1 aliphatic heterocycles. The summed E-state index contributed by atoms with van der Waals surface area (Å²) in [7, 11) is 0. The number of piperidine rings is 1. The summed E-state index contributed by atoms with van der Waals surface area (Å²) in [6.45, 7) is 8.61. The number of nitrogens with one attached hydrogen (secondary N) is 1. The third kappa shape index (κ3) is 6.99. The Morgan fingerprint density at radius 3 is 2.42 bits per heavy atom. The highest BCUT2D eigenvalue weighted by molar-refractivity contribution is 5.75. The van der Waals surface area contributed by atoms with Crippen LogP contribution in [0, 0.1) is 11.8 Å². The standard InChI is InChI=1S/C27H34N4O2/c1-20-15-21(2)18-31(17-20)19-23-13-11-22(12-14-23)16-28-25(32)9-6-10-26-29-30-27(33-26)24-7-4-3-5-8-24/h3-5,7-8,11-14,20-21H,6,9-10,15-19H2,1-2H3,(H,28,32). The molecule has 1 amide bonds. The molecule has 1 aliphatic rings. The van der Waals surface area contributed by atoms with E-state index >= 15 is 0 Å². The van der Waals surface area contributed by atoms with Crippen LogP contribution in [0.2, 0.25) is 0 Å². The van der Waals surface area contributed by atoms with Gasteiger partial charge in [-0.15, -0.1) is 10.2 Å². The quantitative estimate of drug-likeness (QED) is 0.509. The van der Waals surface area contributed by atoms with Gasteiger partial charge in [-0.05, 0) is 47.9 Å². The highest BCUT2D eigenvalue weighted by atomic mass is 16.4. The van der Waals surface area contributed by atoms with E-state index < -0.39 is 0 Å². The van der Waals surface area contributed by atoms with E-state index in [2.05, 4.69) is 58.5 Å². The van der Waals surface area contributed by atoms with Crippen molar-refractivity contribution in [1.29, 1.82) is 0 Å². The van der Waals surface area contributed by atoms with Crippen LogP contribution in [0.25, 0.3) is 11.5 Å². The molecule has 33 heavy (non-hydrogen) atoms. The minimum atomic E-state index is 0.0400. The highest BCUT2D eigenvalue weighted by Gasteiger charge is 2.21. The molecular weight excluding hydrogens is 412 g/mol. The molecule has 1 aromatic heterocycles. The molecule has 6 nitrogen and oxygen atoms in total. The molecule has 0 radical (unpaired) electrons. The lowest BCUT2D eigenvalue weighted by Gasteiger charge is -2.35. The fraction of sp³-hybridized carbons (Fsp3) is 0.444. The van der Waals surface area contributed by atoms with E-state index in [4.69, 9.17) is 4.42 Å². The van der Waals surface area contributed by atoms with Crippen LogP contribution in [0.3, 0.4) is 0 Å². The fourth-order valence-electron chi connectivity index (χ4n) is 4.68. The molecule has 6 heteroatoms. The topological polar surface area (TPSA) is 71.3 Å². The maximum atomic E-state index is 12.2. The molecule has 4 rings (SSSR count). The van der Waals surface area contributed by atoms with E-state index in [9.17, 15) is 4.79 Å². The van der Waals surface area contributed by atoms with E-state index in [0.29, 0.717) is 37.6 Å². The van der Waals surface area contributed by atoms with Gasteiger partial charge in [0.25, 0.3) is 0 Å². The molecule has 1 fully saturated rings. The summed E-state index contributed by atoms with van der Waals surface area (Å²) in [6, 6.07) is 18.3. The van der Waals surface area contributed by atoms with Crippen LogP contribution in [-0.2, 0) is 24.3 Å². The van der Waals surface area contributed by atoms with Crippen molar-refractivity contribution in [3.05, 3.63) is 71.6 Å². The minimum Gasteiger partial charge on any atom is -0.421 e. The number of rotatable bonds is 9. The number of aryl methyl sites for hydroxylation is 1. The summed E-state index contributed by atoms with van der Waals surface area (Å²) in [4.78, 5) is 14.8. The number of nitrogens with zero attached hydrogens (tertiary/aromatic N) is 3. The number of benzene rings is 2. The van der Waals surface area contributed by atoms with Gasteiger partial charge < -0.3 is 9.73 Å². The Morgan fingerprint density at radius 1 is 1.00 bits per heavy atom. The van der Waals surface area contributed by atoms with Crippen LogP contribution in [0.15, 0.2) is 59.0 Å². The molecule has 1 saturated heterocycles. The van der Waals surface area contributed by atoms with Gasteiger partial charge in [0.2, 0.25) is 17.7 Å². The molecular formula is C27H34N4O2. The molecule has 0 saturated carbocycles. The first-order valence-electron chi connectivity index (χ1n) is 12.0. The first-order valence-corrected chi connectivity index (χ1v) is 12.0. The molecule has 2 heterocycles. The number of carbonyl (C=O) groups is 1. The van der Waals surface area contributed by atoms with E-state index in [1.807, 2.05) is 30.3 Å². The highest BCUT2D eigenvalue weighted by Crippen LogP contribution is 2.22. The Bertz CT molecular complexity index is 1010. The molecule has 2 aromatic carbocycles. The van der Waals surface area contributed by atoms with Crippen molar-refractivity contribution in [3.8, 4) is 11.5 Å². The normalized spacial score (nSPS) is 18.8. The van der Waals surface area contributed by atoms with Crippen molar-refractivity contribution >= 4 is 5.91 Å². The average molecular weight is 447 g/mol. The van der Waals surface area contributed by atoms with Gasteiger partial charge in [-0.2, -0.15) is 0 Å². The van der Waals surface area contributed by atoms with Crippen LogP contribution < -0.4 is 5.32 Å². The monoisotopic (exact) mass is 446 g/mol. The van der Waals surface area contributed by atoms with Crippen molar-refractivity contribution in [2.45, 2.75) is 52.6 Å². The van der Waals surface area contributed by atoms with Gasteiger partial charge in [-0.25, -0.2) is 0 Å². The van der Waals surface area contributed by atoms with Crippen LogP contribution >= 0.6 is 0 Å². The summed E-state index contributed by atoms with van der Waals surface area (Å²) in [5, 5.41) is 11.2. The van der Waals surface area contributed by atoms with Crippen molar-refractivity contribution in [1.82, 2.24) is 20.4 Å². The molecule has 0 bridgehead atoms. The van der Waals surface area contributed by atoms with Gasteiger partial charge in [0.15, 0.2) is 0 Å². The predicted octanol–water partition coefficient (Wildman–Crippen LogP) is 4.85. The van der Waals surface area contributed by atoms with Crippen molar-refractivity contribution in [2.24, 2.45) is 11.8 Å². The molecule has 3 aromatic rings. The maximum absolute atomic E-state index is 12.2. The number of amides is 1. The van der Waals surface area contributed by atoms with Gasteiger partial charge in [0.1, 0.15) is 0 Å². The number of hydrogen-bond acceptors (Lipinski definition) is 5. The number of hydrogen-bond donors (Lipinski definition) is 1. The largest absolute Gasteiger partial charge is 0.421 e. The maximum Gasteiger partial charge on any atom is 0.247 e. The second kappa shape index (κ2) is 11.2. The number of carbonyl (C=O) groups excluding carboxylic acids is 1. The van der Waals surface area contributed by atoms with E-state index in [-0.39, 0.29) is 5.91 Å². The van der Waals surface area contributed by atoms with Gasteiger partial charge in [-0.3, -0.25) is 9.69 Å². The smallest absolute Gasteiger partial charge is 0.247 e. The van der Waals surface area contributed by atoms with Crippen molar-refractivity contribution in [2.75, 3.05) is 13.1 Å². The minimum absolute atomic E-state index is 0.0400. The van der Waals surface area contributed by atoms with Crippen LogP contribution in [0.5, 0.6) is 0 Å². The van der Waals surface area contributed by atoms with E-state index in [1.54, 1.807) is 0 Å². The Hall–Kier alpha value is -2.99. The van der Waals surface area contributed by atoms with E-state index in [1.165, 1.54) is 25.1 Å². The van der Waals surface area contributed by atoms with Crippen LogP contribution in [0.4, 0.5) is 0 Å². The zero-order valence-electron chi connectivity index (χ0n) is 19.7. The summed E-state index contributed by atoms with van der Waals surface area (Å²) in [5.74, 6) is 2.67. The summed E-state index contributed by atoms with van der Waals surface area (Å²) < 4.78 is 5.70. The van der Waals surface area contributed by atoms with Gasteiger partial charge in [0.05, 0.1) is 0 Å². The Kier molecular flexibility index (Phi) is 7.89. The molecule has 1 N–H and O–H groups in total. The summed E-state index contributed by atoms with van der Waals surface area (Å²) >= 11 is 0. The van der Waals surface area contributed by atoms with Gasteiger partial charge in [-0.1, -0.05) is 56.3 Å². The summed E-state index contributed by atoms with van der Waals surface area (Å²) in [5.41, 5.74) is 3.36. The Balaban J connectivity index is 1.16. The SMILES string of the molecule is CC1CC(C)CN(Cc2ccc(CNC(=O)CCCc3nnc(-c4ccccc4)o3)cc2)C1. The molecule has 0 spiro atoms. The zero-order chi connectivity index (χ0) is 23.0. The predicted molar refractivity (Wildman–Crippen MR) is 129 cm³/mol. The lowest BCUT2D eigenvalue weighted by molar-refractivity contribution is -0.121. The van der Waals surface area contributed by atoms with Gasteiger partial charge in [0, 0.05) is 44.6 Å². The second-order valence-corrected chi connectivity index (χ2v) is 9.45. The lowest BCUT2D eigenvalue weighted by atomic mass is 9.91. The first kappa shape index (κ1) is 23.2. The number of aromatic nitrogens is 2. The number of likely N-dealkylation sites (tertiary alicyclic amines) is 1. The Labute approximate surface area is 196 Å². The molecule has 2 atom stereocenters. The molecule has 174 valence electrons. The lowest BCUT2D eigenvalue weighted by Crippen LogP contribution is -2.38. The third-order valence-electron chi connectivity index (χ3n) is 6.15. The van der Waals surface area contributed by atoms with Crippen molar-refractivity contribution < 1.29 is 9.21 Å². The fourth-order valence-corrected chi connectivity index (χ4v) is 4.68. The van der Waals surface area contributed by atoms with Crippen LogP contribution in [0.1, 0.15) is 50.1 Å². The second-order valence-electron chi connectivity index (χ2n) is 9.45. The first-order chi connectivity index (χ1) is 16.0. The molecule has 0 aliphatic carbocycles. The van der Waals surface area contributed by atoms with E-state index in [0.717, 1.165) is 29.5 Å². The zero-order valence-corrected chi connectivity index (χ0v) is 19.7.